The number of hydrogen-bond acceptors (Lipinski definition) is 2. The second-order valence-corrected chi connectivity index (χ2v) is 6.01. The lowest BCUT2D eigenvalue weighted by molar-refractivity contribution is 0.139. The van der Waals surface area contributed by atoms with Gasteiger partial charge in [0.1, 0.15) is 0 Å². The molecule has 3 atom stereocenters. The highest BCUT2D eigenvalue weighted by Gasteiger charge is 2.54. The van der Waals surface area contributed by atoms with Crippen LogP contribution in [0.25, 0.3) is 0 Å². The van der Waals surface area contributed by atoms with Gasteiger partial charge in [0, 0.05) is 20.2 Å². The molecule has 0 aliphatic heterocycles. The summed E-state index contributed by atoms with van der Waals surface area (Å²) in [7, 11) is 1.77. The van der Waals surface area contributed by atoms with Gasteiger partial charge in [0.25, 0.3) is 0 Å². The summed E-state index contributed by atoms with van der Waals surface area (Å²) in [4.78, 5) is 0. The van der Waals surface area contributed by atoms with Gasteiger partial charge in [0.15, 0.2) is 0 Å². The normalized spacial score (nSPS) is 38.4. The zero-order valence-corrected chi connectivity index (χ0v) is 11.1. The quantitative estimate of drug-likeness (QED) is 0.673. The lowest BCUT2D eigenvalue weighted by Gasteiger charge is -2.37. The summed E-state index contributed by atoms with van der Waals surface area (Å²) in [5.74, 6) is 3.03. The molecule has 94 valence electrons. The Morgan fingerprint density at radius 1 is 1.38 bits per heavy atom. The van der Waals surface area contributed by atoms with Crippen molar-refractivity contribution in [3.8, 4) is 0 Å². The Labute approximate surface area is 100 Å². The Morgan fingerprint density at radius 3 is 2.62 bits per heavy atom. The molecule has 2 rings (SSSR count). The van der Waals surface area contributed by atoms with Crippen molar-refractivity contribution in [2.75, 3.05) is 26.8 Å². The molecule has 2 aliphatic carbocycles. The third kappa shape index (κ3) is 2.43. The van der Waals surface area contributed by atoms with Gasteiger partial charge >= 0.3 is 0 Å². The third-order valence-corrected chi connectivity index (χ3v) is 5.02. The van der Waals surface area contributed by atoms with Gasteiger partial charge in [-0.1, -0.05) is 20.3 Å². The first-order valence-electron chi connectivity index (χ1n) is 6.91. The van der Waals surface area contributed by atoms with E-state index in [4.69, 9.17) is 4.74 Å². The average molecular weight is 225 g/mol. The fourth-order valence-electron chi connectivity index (χ4n) is 3.60. The van der Waals surface area contributed by atoms with Crippen molar-refractivity contribution in [3.63, 3.8) is 0 Å². The van der Waals surface area contributed by atoms with Crippen LogP contribution in [-0.4, -0.2) is 26.8 Å². The molecule has 0 aromatic heterocycles. The van der Waals surface area contributed by atoms with Crippen LogP contribution >= 0.6 is 0 Å². The molecule has 0 spiro atoms. The Balaban J connectivity index is 1.83. The first-order valence-corrected chi connectivity index (χ1v) is 6.91. The van der Waals surface area contributed by atoms with Crippen molar-refractivity contribution in [1.82, 2.24) is 5.32 Å². The maximum Gasteiger partial charge on any atom is 0.0587 e. The Kier molecular flexibility index (Phi) is 3.91. The molecule has 0 bridgehead atoms. The molecule has 0 amide bonds. The summed E-state index contributed by atoms with van der Waals surface area (Å²) >= 11 is 0. The standard InChI is InChI=1S/C14H27NO/c1-4-11(2)14(10-15-5-6-16-3)8-12-7-13(12)9-14/h11-13,15H,4-10H2,1-3H3. The van der Waals surface area contributed by atoms with E-state index < -0.39 is 0 Å². The second kappa shape index (κ2) is 5.05. The Hall–Kier alpha value is -0.0800. The SMILES string of the molecule is CCC(C)C1(CNCCOC)CC2CC2C1. The molecule has 2 aliphatic rings. The van der Waals surface area contributed by atoms with Crippen molar-refractivity contribution in [2.45, 2.75) is 39.5 Å². The van der Waals surface area contributed by atoms with E-state index >= 15 is 0 Å². The molecule has 0 radical (unpaired) electrons. The number of hydrogen-bond donors (Lipinski definition) is 1. The van der Waals surface area contributed by atoms with E-state index in [0.29, 0.717) is 5.41 Å². The minimum absolute atomic E-state index is 0.607. The summed E-state index contributed by atoms with van der Waals surface area (Å²) < 4.78 is 5.09. The molecular weight excluding hydrogens is 198 g/mol. The van der Waals surface area contributed by atoms with E-state index in [9.17, 15) is 0 Å². The zero-order valence-electron chi connectivity index (χ0n) is 11.1. The predicted octanol–water partition coefficient (Wildman–Crippen LogP) is 2.68. The molecular formula is C14H27NO. The van der Waals surface area contributed by atoms with Gasteiger partial charge in [0.05, 0.1) is 6.61 Å². The van der Waals surface area contributed by atoms with E-state index in [1.54, 1.807) is 7.11 Å². The highest BCUT2D eigenvalue weighted by atomic mass is 16.5. The van der Waals surface area contributed by atoms with Crippen molar-refractivity contribution in [2.24, 2.45) is 23.2 Å². The van der Waals surface area contributed by atoms with E-state index in [1.807, 2.05) is 0 Å². The topological polar surface area (TPSA) is 21.3 Å². The number of nitrogens with one attached hydrogen (secondary N) is 1. The fourth-order valence-corrected chi connectivity index (χ4v) is 3.60. The number of rotatable bonds is 7. The van der Waals surface area contributed by atoms with Gasteiger partial charge in [-0.2, -0.15) is 0 Å². The monoisotopic (exact) mass is 225 g/mol. The molecule has 2 saturated carbocycles. The number of fused-ring (bicyclic) bond motifs is 1. The first kappa shape index (κ1) is 12.4. The van der Waals surface area contributed by atoms with Crippen LogP contribution in [0, 0.1) is 23.2 Å². The minimum atomic E-state index is 0.607. The van der Waals surface area contributed by atoms with Crippen LogP contribution in [0.1, 0.15) is 39.5 Å². The van der Waals surface area contributed by atoms with Crippen molar-refractivity contribution in [1.29, 1.82) is 0 Å². The number of methoxy groups -OCH3 is 1. The highest BCUT2D eigenvalue weighted by Crippen LogP contribution is 2.62. The predicted molar refractivity (Wildman–Crippen MR) is 67.5 cm³/mol. The summed E-state index contributed by atoms with van der Waals surface area (Å²) in [6.45, 7) is 7.83. The average Bonchev–Trinajstić information content (AvgIpc) is 2.92. The second-order valence-electron chi connectivity index (χ2n) is 6.01. The van der Waals surface area contributed by atoms with Gasteiger partial charge in [-0.25, -0.2) is 0 Å². The van der Waals surface area contributed by atoms with Crippen LogP contribution in [-0.2, 0) is 4.74 Å². The van der Waals surface area contributed by atoms with E-state index in [-0.39, 0.29) is 0 Å². The van der Waals surface area contributed by atoms with Crippen molar-refractivity contribution in [3.05, 3.63) is 0 Å². The summed E-state index contributed by atoms with van der Waals surface area (Å²) in [6, 6.07) is 0. The first-order chi connectivity index (χ1) is 7.72. The molecule has 3 unspecified atom stereocenters. The molecule has 0 aromatic rings. The molecule has 2 heteroatoms. The highest BCUT2D eigenvalue weighted by molar-refractivity contribution is 5.05. The fraction of sp³-hybridized carbons (Fsp3) is 1.00. The summed E-state index contributed by atoms with van der Waals surface area (Å²) in [5, 5.41) is 3.60. The van der Waals surface area contributed by atoms with Crippen molar-refractivity contribution < 1.29 is 4.74 Å². The molecule has 1 N–H and O–H groups in total. The molecule has 16 heavy (non-hydrogen) atoms. The van der Waals surface area contributed by atoms with Crippen molar-refractivity contribution >= 4 is 0 Å². The van der Waals surface area contributed by atoms with E-state index in [1.165, 1.54) is 32.2 Å². The lowest BCUT2D eigenvalue weighted by Crippen LogP contribution is -2.39. The summed E-state index contributed by atoms with van der Waals surface area (Å²) in [6.07, 6.45) is 5.81. The van der Waals surface area contributed by atoms with Gasteiger partial charge in [-0.15, -0.1) is 0 Å². The lowest BCUT2D eigenvalue weighted by atomic mass is 9.71. The van der Waals surface area contributed by atoms with E-state index in [0.717, 1.165) is 30.9 Å². The van der Waals surface area contributed by atoms with Crippen LogP contribution in [0.15, 0.2) is 0 Å². The summed E-state index contributed by atoms with van der Waals surface area (Å²) in [5.41, 5.74) is 0.607. The molecule has 0 heterocycles. The largest absolute Gasteiger partial charge is 0.383 e. The maximum atomic E-state index is 5.09. The molecule has 0 saturated heterocycles. The van der Waals surface area contributed by atoms with Crippen LogP contribution in [0.5, 0.6) is 0 Å². The molecule has 0 aromatic carbocycles. The molecule has 2 nitrogen and oxygen atoms in total. The third-order valence-electron chi connectivity index (χ3n) is 5.02. The van der Waals surface area contributed by atoms with Crippen LogP contribution < -0.4 is 5.32 Å². The Bertz CT molecular complexity index is 219. The van der Waals surface area contributed by atoms with Crippen LogP contribution in [0.2, 0.25) is 0 Å². The van der Waals surface area contributed by atoms with E-state index in [2.05, 4.69) is 19.2 Å². The maximum absolute atomic E-state index is 5.09. The van der Waals surface area contributed by atoms with Crippen LogP contribution in [0.4, 0.5) is 0 Å². The number of ether oxygens (including phenoxy) is 1. The smallest absolute Gasteiger partial charge is 0.0587 e. The van der Waals surface area contributed by atoms with Gasteiger partial charge in [-0.05, 0) is 42.4 Å². The minimum Gasteiger partial charge on any atom is -0.383 e. The molecule has 2 fully saturated rings. The van der Waals surface area contributed by atoms with Gasteiger partial charge in [-0.3, -0.25) is 0 Å². The van der Waals surface area contributed by atoms with Crippen LogP contribution in [0.3, 0.4) is 0 Å². The van der Waals surface area contributed by atoms with Gasteiger partial charge in [0.2, 0.25) is 0 Å². The zero-order chi connectivity index (χ0) is 11.6. The van der Waals surface area contributed by atoms with Gasteiger partial charge < -0.3 is 10.1 Å². The Morgan fingerprint density at radius 2 is 2.06 bits per heavy atom.